The molecule has 1 aliphatic heterocycles. The minimum Gasteiger partial charge on any atom is -0.507 e. The summed E-state index contributed by atoms with van der Waals surface area (Å²) >= 11 is 0. The van der Waals surface area contributed by atoms with E-state index in [0.717, 1.165) is 0 Å². The molecule has 1 aliphatic rings. The average molecular weight is 499 g/mol. The first-order valence-electron chi connectivity index (χ1n) is 11.6. The molecule has 0 aromatic heterocycles. The minimum absolute atomic E-state index is 0.0600. The third-order valence-corrected chi connectivity index (χ3v) is 6.21. The number of hydrogen-bond acceptors (Lipinski definition) is 7. The maximum Gasteiger partial charge on any atom is 0.300 e. The average Bonchev–Trinajstić information content (AvgIpc) is 3.18. The van der Waals surface area contributed by atoms with Crippen LogP contribution in [0.5, 0.6) is 17.2 Å². The Kier molecular flexibility index (Phi) is 7.16. The number of ketones is 1. The first-order valence-corrected chi connectivity index (χ1v) is 11.6. The highest BCUT2D eigenvalue weighted by Gasteiger charge is 2.47. The van der Waals surface area contributed by atoms with Crippen LogP contribution in [0.15, 0.2) is 66.2 Å². The number of rotatable bonds is 7. The highest BCUT2D eigenvalue weighted by atomic mass is 16.5. The Balaban J connectivity index is 1.97. The number of aryl methyl sites for hydroxylation is 1. The number of anilines is 1. The van der Waals surface area contributed by atoms with Gasteiger partial charge in [0, 0.05) is 11.3 Å². The van der Waals surface area contributed by atoms with Crippen molar-refractivity contribution in [1.29, 1.82) is 5.26 Å². The summed E-state index contributed by atoms with van der Waals surface area (Å²) in [6, 6.07) is 17.6. The number of carbonyl (C=O) groups is 2. The summed E-state index contributed by atoms with van der Waals surface area (Å²) in [6.07, 6.45) is 0. The van der Waals surface area contributed by atoms with Crippen LogP contribution in [0.3, 0.4) is 0 Å². The number of aliphatic hydroxyl groups is 1. The molecule has 188 valence electrons. The van der Waals surface area contributed by atoms with E-state index in [1.807, 2.05) is 13.0 Å². The summed E-state index contributed by atoms with van der Waals surface area (Å²) in [4.78, 5) is 28.2. The summed E-state index contributed by atoms with van der Waals surface area (Å²) in [5.74, 6) is -0.388. The Labute approximate surface area is 214 Å². The molecule has 1 N–H and O–H groups in total. The van der Waals surface area contributed by atoms with Gasteiger partial charge in [0.15, 0.2) is 11.5 Å². The van der Waals surface area contributed by atoms with Gasteiger partial charge in [-0.2, -0.15) is 5.26 Å². The molecule has 37 heavy (non-hydrogen) atoms. The summed E-state index contributed by atoms with van der Waals surface area (Å²) in [5.41, 5.74) is 2.38. The van der Waals surface area contributed by atoms with Crippen molar-refractivity contribution in [2.24, 2.45) is 0 Å². The van der Waals surface area contributed by atoms with E-state index in [9.17, 15) is 20.0 Å². The van der Waals surface area contributed by atoms with Gasteiger partial charge in [0.1, 0.15) is 11.5 Å². The second-order valence-corrected chi connectivity index (χ2v) is 8.35. The number of carbonyl (C=O) groups excluding carboxylic acids is 2. The van der Waals surface area contributed by atoms with Crippen molar-refractivity contribution < 1.29 is 28.9 Å². The Morgan fingerprint density at radius 3 is 2.32 bits per heavy atom. The summed E-state index contributed by atoms with van der Waals surface area (Å²) in [7, 11) is 3.06. The number of aliphatic hydroxyl groups excluding tert-OH is 1. The van der Waals surface area contributed by atoms with Crippen molar-refractivity contribution in [2.75, 3.05) is 25.7 Å². The largest absolute Gasteiger partial charge is 0.507 e. The maximum atomic E-state index is 13.4. The standard InChI is InChI=1S/C29H26N2O6/c1-5-37-24-15-19(8-13-23(24)36-4)26-25(27(32)22-12-11-21(35-3)14-17(22)2)28(33)29(34)31(26)20-9-6-18(16-30)7-10-20/h6-15,26,32H,5H2,1-4H3/b27-25+. The van der Waals surface area contributed by atoms with Crippen LogP contribution in [-0.4, -0.2) is 37.6 Å². The van der Waals surface area contributed by atoms with E-state index in [1.54, 1.807) is 67.6 Å². The predicted molar refractivity (Wildman–Crippen MR) is 138 cm³/mol. The number of hydrogen-bond donors (Lipinski definition) is 1. The topological polar surface area (TPSA) is 109 Å². The fourth-order valence-corrected chi connectivity index (χ4v) is 4.42. The summed E-state index contributed by atoms with van der Waals surface area (Å²) in [5, 5.41) is 20.6. The van der Waals surface area contributed by atoms with E-state index >= 15 is 0 Å². The zero-order valence-corrected chi connectivity index (χ0v) is 20.9. The van der Waals surface area contributed by atoms with E-state index in [2.05, 4.69) is 0 Å². The molecule has 3 aromatic rings. The van der Waals surface area contributed by atoms with Crippen LogP contribution in [0.4, 0.5) is 5.69 Å². The van der Waals surface area contributed by atoms with E-state index in [0.29, 0.717) is 51.8 Å². The smallest absolute Gasteiger partial charge is 0.300 e. The fraction of sp³-hybridized carbons (Fsp3) is 0.207. The lowest BCUT2D eigenvalue weighted by atomic mass is 9.93. The van der Waals surface area contributed by atoms with Crippen LogP contribution in [-0.2, 0) is 9.59 Å². The SMILES string of the molecule is CCOc1cc(C2/C(=C(\O)c3ccc(OC)cc3C)C(=O)C(=O)N2c2ccc(C#N)cc2)ccc1OC. The number of nitriles is 1. The van der Waals surface area contributed by atoms with Crippen molar-refractivity contribution in [2.45, 2.75) is 19.9 Å². The molecule has 1 amide bonds. The third-order valence-electron chi connectivity index (χ3n) is 6.21. The molecule has 3 aromatic carbocycles. The van der Waals surface area contributed by atoms with Crippen molar-refractivity contribution in [3.63, 3.8) is 0 Å². The molecule has 1 atom stereocenters. The zero-order valence-electron chi connectivity index (χ0n) is 20.9. The normalized spacial score (nSPS) is 16.4. The highest BCUT2D eigenvalue weighted by molar-refractivity contribution is 6.51. The monoisotopic (exact) mass is 498 g/mol. The van der Waals surface area contributed by atoms with Gasteiger partial charge < -0.3 is 19.3 Å². The molecule has 8 heteroatoms. The van der Waals surface area contributed by atoms with Gasteiger partial charge in [-0.05, 0) is 79.6 Å². The van der Waals surface area contributed by atoms with Gasteiger partial charge in [0.05, 0.1) is 44.1 Å². The van der Waals surface area contributed by atoms with Crippen molar-refractivity contribution >= 4 is 23.1 Å². The van der Waals surface area contributed by atoms with Gasteiger partial charge in [0.2, 0.25) is 0 Å². The maximum absolute atomic E-state index is 13.4. The van der Waals surface area contributed by atoms with Gasteiger partial charge in [-0.25, -0.2) is 0 Å². The molecule has 1 unspecified atom stereocenters. The molecule has 0 bridgehead atoms. The first kappa shape index (κ1) is 25.3. The lowest BCUT2D eigenvalue weighted by Gasteiger charge is -2.26. The predicted octanol–water partition coefficient (Wildman–Crippen LogP) is 4.91. The van der Waals surface area contributed by atoms with Crippen molar-refractivity contribution in [1.82, 2.24) is 0 Å². The van der Waals surface area contributed by atoms with E-state index < -0.39 is 17.7 Å². The van der Waals surface area contributed by atoms with Crippen LogP contribution >= 0.6 is 0 Å². The van der Waals surface area contributed by atoms with Crippen LogP contribution in [0.2, 0.25) is 0 Å². The van der Waals surface area contributed by atoms with Gasteiger partial charge in [-0.15, -0.1) is 0 Å². The lowest BCUT2D eigenvalue weighted by Crippen LogP contribution is -2.29. The molecule has 1 saturated heterocycles. The number of nitrogens with zero attached hydrogens (tertiary/aromatic N) is 2. The van der Waals surface area contributed by atoms with Gasteiger partial charge in [-0.1, -0.05) is 6.07 Å². The summed E-state index contributed by atoms with van der Waals surface area (Å²) in [6.45, 7) is 3.99. The molecule has 0 aliphatic carbocycles. The van der Waals surface area contributed by atoms with E-state index in [4.69, 9.17) is 14.2 Å². The third kappa shape index (κ3) is 4.59. The number of ether oxygens (including phenoxy) is 3. The molecule has 1 fully saturated rings. The lowest BCUT2D eigenvalue weighted by molar-refractivity contribution is -0.132. The van der Waals surface area contributed by atoms with Crippen LogP contribution < -0.4 is 19.1 Å². The summed E-state index contributed by atoms with van der Waals surface area (Å²) < 4.78 is 16.4. The van der Waals surface area contributed by atoms with Gasteiger partial charge in [-0.3, -0.25) is 14.5 Å². The number of methoxy groups -OCH3 is 2. The fourth-order valence-electron chi connectivity index (χ4n) is 4.42. The van der Waals surface area contributed by atoms with Crippen molar-refractivity contribution in [3.8, 4) is 23.3 Å². The molecule has 1 heterocycles. The molecular formula is C29H26N2O6. The van der Waals surface area contributed by atoms with Gasteiger partial charge >= 0.3 is 0 Å². The van der Waals surface area contributed by atoms with Crippen molar-refractivity contribution in [3.05, 3.63) is 88.5 Å². The van der Waals surface area contributed by atoms with E-state index in [-0.39, 0.29) is 11.3 Å². The number of amides is 1. The van der Waals surface area contributed by atoms with E-state index in [1.165, 1.54) is 19.1 Å². The number of Topliss-reactive ketones (excluding diaryl/α,β-unsaturated/α-hetero) is 1. The number of benzene rings is 3. The zero-order chi connectivity index (χ0) is 26.7. The Hall–Kier alpha value is -4.77. The molecule has 8 nitrogen and oxygen atoms in total. The second-order valence-electron chi connectivity index (χ2n) is 8.35. The second kappa shape index (κ2) is 10.5. The Bertz CT molecular complexity index is 1440. The van der Waals surface area contributed by atoms with Crippen LogP contribution in [0.25, 0.3) is 5.76 Å². The highest BCUT2D eigenvalue weighted by Crippen LogP contribution is 2.44. The van der Waals surface area contributed by atoms with Crippen LogP contribution in [0, 0.1) is 18.3 Å². The molecule has 0 saturated carbocycles. The molecule has 0 spiro atoms. The molecular weight excluding hydrogens is 472 g/mol. The molecule has 4 rings (SSSR count). The Morgan fingerprint density at radius 1 is 1.00 bits per heavy atom. The quantitative estimate of drug-likeness (QED) is 0.280. The van der Waals surface area contributed by atoms with Crippen LogP contribution in [0.1, 0.15) is 35.2 Å². The van der Waals surface area contributed by atoms with Gasteiger partial charge in [0.25, 0.3) is 11.7 Å². The minimum atomic E-state index is -0.959. The molecule has 0 radical (unpaired) electrons. The first-order chi connectivity index (χ1) is 17.8. The Morgan fingerprint density at radius 2 is 1.73 bits per heavy atom.